The monoisotopic (exact) mass is 336 g/mol. The Kier molecular flexibility index (Phi) is 5.99. The van der Waals surface area contributed by atoms with Gasteiger partial charge in [0.25, 0.3) is 5.91 Å². The summed E-state index contributed by atoms with van der Waals surface area (Å²) in [4.78, 5) is 18.7. The molecule has 0 fully saturated rings. The number of nitrogens with zero attached hydrogens (tertiary/aromatic N) is 1. The lowest BCUT2D eigenvalue weighted by Gasteiger charge is -2.33. The molecule has 0 bridgehead atoms. The van der Waals surface area contributed by atoms with Crippen LogP contribution in [-0.4, -0.2) is 30.2 Å². The number of hydroxylamine groups is 2. The summed E-state index contributed by atoms with van der Waals surface area (Å²) < 4.78 is 0. The Morgan fingerprint density at radius 2 is 1.80 bits per heavy atom. The van der Waals surface area contributed by atoms with Gasteiger partial charge in [0, 0.05) is 13.1 Å². The van der Waals surface area contributed by atoms with Crippen LogP contribution in [-0.2, 0) is 16.1 Å². The van der Waals surface area contributed by atoms with Gasteiger partial charge in [0.2, 0.25) is 0 Å². The molecule has 3 rings (SSSR count). The van der Waals surface area contributed by atoms with E-state index in [1.54, 1.807) is 0 Å². The standard InChI is InChI=1S/C21H24N2O2/c1-2-23(20(24)16-17-10-5-3-6-11-17)25-19-14-9-15-22-21(19)18-12-7-4-8-13-18/h3-14,19,21-22H,2,15-16H2,1H3. The van der Waals surface area contributed by atoms with Gasteiger partial charge >= 0.3 is 0 Å². The van der Waals surface area contributed by atoms with Crippen molar-refractivity contribution in [1.29, 1.82) is 0 Å². The van der Waals surface area contributed by atoms with E-state index in [0.29, 0.717) is 13.0 Å². The van der Waals surface area contributed by atoms with E-state index in [-0.39, 0.29) is 18.1 Å². The lowest BCUT2D eigenvalue weighted by atomic mass is 9.99. The molecule has 2 aromatic carbocycles. The van der Waals surface area contributed by atoms with Crippen molar-refractivity contribution >= 4 is 5.91 Å². The molecule has 25 heavy (non-hydrogen) atoms. The average molecular weight is 336 g/mol. The van der Waals surface area contributed by atoms with Gasteiger partial charge in [-0.25, -0.2) is 5.06 Å². The highest BCUT2D eigenvalue weighted by molar-refractivity contribution is 5.77. The molecule has 1 N–H and O–H groups in total. The third-order valence-electron chi connectivity index (χ3n) is 4.28. The summed E-state index contributed by atoms with van der Waals surface area (Å²) in [7, 11) is 0. The van der Waals surface area contributed by atoms with Crippen LogP contribution in [0.2, 0.25) is 0 Å². The number of hydrogen-bond acceptors (Lipinski definition) is 3. The fraction of sp³-hybridized carbons (Fsp3) is 0.286. The van der Waals surface area contributed by atoms with Crippen molar-refractivity contribution in [2.45, 2.75) is 25.5 Å². The summed E-state index contributed by atoms with van der Waals surface area (Å²) in [6.07, 6.45) is 4.21. The largest absolute Gasteiger partial charge is 0.304 e. The Hall–Kier alpha value is -2.43. The molecular weight excluding hydrogens is 312 g/mol. The predicted octanol–water partition coefficient (Wildman–Crippen LogP) is 3.28. The minimum absolute atomic E-state index is 0.0283. The number of nitrogens with one attached hydrogen (secondary N) is 1. The summed E-state index contributed by atoms with van der Waals surface area (Å²) in [6.45, 7) is 3.24. The Morgan fingerprint density at radius 3 is 2.48 bits per heavy atom. The van der Waals surface area contributed by atoms with Crippen molar-refractivity contribution in [3.05, 3.63) is 83.9 Å². The first-order chi connectivity index (χ1) is 12.3. The van der Waals surface area contributed by atoms with Crippen molar-refractivity contribution < 1.29 is 9.63 Å². The van der Waals surface area contributed by atoms with Gasteiger partial charge in [-0.1, -0.05) is 72.8 Å². The highest BCUT2D eigenvalue weighted by Crippen LogP contribution is 2.23. The van der Waals surface area contributed by atoms with Gasteiger partial charge in [0.1, 0.15) is 6.10 Å². The van der Waals surface area contributed by atoms with Crippen molar-refractivity contribution in [3.8, 4) is 0 Å². The zero-order chi connectivity index (χ0) is 17.5. The van der Waals surface area contributed by atoms with Crippen LogP contribution in [0.4, 0.5) is 0 Å². The second-order valence-electron chi connectivity index (χ2n) is 6.05. The Balaban J connectivity index is 1.69. The van der Waals surface area contributed by atoms with Crippen LogP contribution in [0.25, 0.3) is 0 Å². The van der Waals surface area contributed by atoms with Crippen LogP contribution >= 0.6 is 0 Å². The average Bonchev–Trinajstić information content (AvgIpc) is 2.68. The minimum Gasteiger partial charge on any atom is -0.304 e. The molecule has 2 atom stereocenters. The summed E-state index contributed by atoms with van der Waals surface area (Å²) in [6, 6.07) is 20.0. The zero-order valence-corrected chi connectivity index (χ0v) is 14.5. The maximum Gasteiger partial charge on any atom is 0.250 e. The molecule has 0 radical (unpaired) electrons. The molecule has 0 saturated carbocycles. The van der Waals surface area contributed by atoms with E-state index in [2.05, 4.69) is 17.4 Å². The quantitative estimate of drug-likeness (QED) is 0.650. The Morgan fingerprint density at radius 1 is 1.12 bits per heavy atom. The molecule has 1 heterocycles. The third kappa shape index (κ3) is 4.56. The molecule has 0 aliphatic carbocycles. The molecule has 2 aromatic rings. The summed E-state index contributed by atoms with van der Waals surface area (Å²) in [5.74, 6) is -0.0283. The molecular formula is C21H24N2O2. The summed E-state index contributed by atoms with van der Waals surface area (Å²) in [5, 5.41) is 4.93. The maximum absolute atomic E-state index is 12.6. The fourth-order valence-electron chi connectivity index (χ4n) is 3.00. The van der Waals surface area contributed by atoms with Gasteiger partial charge in [-0.15, -0.1) is 0 Å². The van der Waals surface area contributed by atoms with Crippen LogP contribution < -0.4 is 5.32 Å². The van der Waals surface area contributed by atoms with Crippen LogP contribution in [0.15, 0.2) is 72.8 Å². The molecule has 0 aromatic heterocycles. The van der Waals surface area contributed by atoms with Crippen LogP contribution in [0.1, 0.15) is 24.1 Å². The number of likely N-dealkylation sites (N-methyl/N-ethyl adjacent to an activating group) is 1. The molecule has 1 aliphatic heterocycles. The molecule has 2 unspecified atom stereocenters. The SMILES string of the molecule is CCN(OC1C=CCNC1c1ccccc1)C(=O)Cc1ccccc1. The third-order valence-corrected chi connectivity index (χ3v) is 4.28. The van der Waals surface area contributed by atoms with E-state index in [9.17, 15) is 4.79 Å². The smallest absolute Gasteiger partial charge is 0.250 e. The first kappa shape index (κ1) is 17.4. The normalized spacial score (nSPS) is 19.6. The van der Waals surface area contributed by atoms with Crippen molar-refractivity contribution in [2.75, 3.05) is 13.1 Å². The highest BCUT2D eigenvalue weighted by Gasteiger charge is 2.27. The number of hydrogen-bond donors (Lipinski definition) is 1. The molecule has 1 amide bonds. The van der Waals surface area contributed by atoms with E-state index in [1.165, 1.54) is 5.06 Å². The highest BCUT2D eigenvalue weighted by atomic mass is 16.7. The van der Waals surface area contributed by atoms with E-state index >= 15 is 0 Å². The second-order valence-corrected chi connectivity index (χ2v) is 6.05. The minimum atomic E-state index is -0.212. The number of amides is 1. The molecule has 1 aliphatic rings. The van der Waals surface area contributed by atoms with Crippen molar-refractivity contribution in [1.82, 2.24) is 10.4 Å². The Bertz CT molecular complexity index is 700. The maximum atomic E-state index is 12.6. The lowest BCUT2D eigenvalue weighted by Crippen LogP contribution is -2.43. The van der Waals surface area contributed by atoms with E-state index in [4.69, 9.17) is 4.84 Å². The predicted molar refractivity (Wildman–Crippen MR) is 98.7 cm³/mol. The van der Waals surface area contributed by atoms with Crippen molar-refractivity contribution in [2.24, 2.45) is 0 Å². The first-order valence-corrected chi connectivity index (χ1v) is 8.74. The zero-order valence-electron chi connectivity index (χ0n) is 14.5. The number of carbonyl (C=O) groups excluding carboxylic acids is 1. The molecule has 0 saturated heterocycles. The topological polar surface area (TPSA) is 41.6 Å². The van der Waals surface area contributed by atoms with E-state index in [1.807, 2.05) is 67.6 Å². The molecule has 130 valence electrons. The number of carbonyl (C=O) groups is 1. The van der Waals surface area contributed by atoms with Gasteiger partial charge < -0.3 is 5.32 Å². The van der Waals surface area contributed by atoms with E-state index < -0.39 is 0 Å². The van der Waals surface area contributed by atoms with Gasteiger partial charge in [0.15, 0.2) is 0 Å². The molecule has 0 spiro atoms. The summed E-state index contributed by atoms with van der Waals surface area (Å²) in [5.41, 5.74) is 2.15. The van der Waals surface area contributed by atoms with Crippen LogP contribution in [0, 0.1) is 0 Å². The van der Waals surface area contributed by atoms with Crippen molar-refractivity contribution in [3.63, 3.8) is 0 Å². The molecule has 4 nitrogen and oxygen atoms in total. The van der Waals surface area contributed by atoms with E-state index in [0.717, 1.165) is 17.7 Å². The Labute approximate surface area is 149 Å². The van der Waals surface area contributed by atoms with Gasteiger partial charge in [0.05, 0.1) is 12.5 Å². The molecule has 4 heteroatoms. The van der Waals surface area contributed by atoms with Crippen LogP contribution in [0.5, 0.6) is 0 Å². The van der Waals surface area contributed by atoms with Gasteiger partial charge in [-0.05, 0) is 18.1 Å². The number of benzene rings is 2. The van der Waals surface area contributed by atoms with Gasteiger partial charge in [-0.2, -0.15) is 0 Å². The summed E-state index contributed by atoms with van der Waals surface area (Å²) >= 11 is 0. The second kappa shape index (κ2) is 8.60. The fourth-order valence-corrected chi connectivity index (χ4v) is 3.00. The first-order valence-electron chi connectivity index (χ1n) is 8.74. The number of rotatable bonds is 6. The van der Waals surface area contributed by atoms with Crippen LogP contribution in [0.3, 0.4) is 0 Å². The lowest BCUT2D eigenvalue weighted by molar-refractivity contribution is -0.201. The van der Waals surface area contributed by atoms with Gasteiger partial charge in [-0.3, -0.25) is 9.63 Å².